The molecular weight excluding hydrogens is 264 g/mol. The molecule has 0 aromatic heterocycles. The van der Waals surface area contributed by atoms with E-state index in [0.717, 1.165) is 0 Å². The van der Waals surface area contributed by atoms with Crippen LogP contribution >= 0.6 is 11.6 Å². The van der Waals surface area contributed by atoms with Crippen molar-refractivity contribution in [2.45, 2.75) is 19.1 Å². The highest BCUT2D eigenvalue weighted by atomic mass is 35.5. The number of halogens is 1. The largest absolute Gasteiger partial charge is 0.504 e. The molecular formula is C11H11ClO6. The van der Waals surface area contributed by atoms with Crippen molar-refractivity contribution in [1.82, 2.24) is 0 Å². The van der Waals surface area contributed by atoms with Gasteiger partial charge in [0.1, 0.15) is 17.8 Å². The van der Waals surface area contributed by atoms with E-state index in [1.807, 2.05) is 0 Å². The van der Waals surface area contributed by atoms with E-state index in [1.54, 1.807) is 0 Å². The Balaban J connectivity index is 2.82. The summed E-state index contributed by atoms with van der Waals surface area (Å²) in [6.07, 6.45) is -2.05. The minimum Gasteiger partial charge on any atom is -0.504 e. The molecule has 0 fully saturated rings. The smallest absolute Gasteiger partial charge is 0.342 e. The molecule has 0 aliphatic carbocycles. The Morgan fingerprint density at radius 3 is 2.50 bits per heavy atom. The second kappa shape index (κ2) is 4.22. The maximum Gasteiger partial charge on any atom is 0.342 e. The predicted octanol–water partition coefficient (Wildman–Crippen LogP) is 1.35. The Bertz CT molecular complexity index is 527. The average molecular weight is 275 g/mol. The summed E-state index contributed by atoms with van der Waals surface area (Å²) in [5, 5.41) is 29.3. The lowest BCUT2D eigenvalue weighted by atomic mass is 9.94. The summed E-state index contributed by atoms with van der Waals surface area (Å²) in [5.41, 5.74) is -0.350. The topological polar surface area (TPSA) is 96.2 Å². The SMILES string of the molecule is COc1c(O)c(Cl)c2c(c1O)C(=O)O[C@H](C)[C@H]2O. The van der Waals surface area contributed by atoms with Crippen LogP contribution in [-0.2, 0) is 4.74 Å². The van der Waals surface area contributed by atoms with Crippen molar-refractivity contribution in [3.63, 3.8) is 0 Å². The van der Waals surface area contributed by atoms with E-state index in [-0.39, 0.29) is 21.9 Å². The number of fused-ring (bicyclic) bond motifs is 1. The van der Waals surface area contributed by atoms with E-state index >= 15 is 0 Å². The number of aliphatic hydroxyl groups excluding tert-OH is 1. The number of methoxy groups -OCH3 is 1. The van der Waals surface area contributed by atoms with E-state index in [4.69, 9.17) is 21.1 Å². The van der Waals surface area contributed by atoms with Gasteiger partial charge in [-0.05, 0) is 6.92 Å². The van der Waals surface area contributed by atoms with Crippen LogP contribution in [-0.4, -0.2) is 34.5 Å². The van der Waals surface area contributed by atoms with Gasteiger partial charge in [0.25, 0.3) is 0 Å². The summed E-state index contributed by atoms with van der Waals surface area (Å²) >= 11 is 5.88. The Kier molecular flexibility index (Phi) is 3.00. The molecule has 0 amide bonds. The molecule has 0 saturated carbocycles. The number of esters is 1. The molecule has 1 aliphatic rings. The standard InChI is InChI=1S/C11H11ClO6/c1-3-7(13)4-5(11(16)18-3)8(14)10(17-2)9(15)6(4)12/h3,7,13-15H,1-2H3/t3-,7-/m1/s1. The molecule has 1 aromatic rings. The molecule has 1 heterocycles. The highest BCUT2D eigenvalue weighted by Gasteiger charge is 2.39. The summed E-state index contributed by atoms with van der Waals surface area (Å²) in [4.78, 5) is 11.7. The van der Waals surface area contributed by atoms with E-state index in [1.165, 1.54) is 14.0 Å². The fraction of sp³-hybridized carbons (Fsp3) is 0.364. The number of rotatable bonds is 1. The van der Waals surface area contributed by atoms with Gasteiger partial charge in [0.05, 0.1) is 12.1 Å². The van der Waals surface area contributed by atoms with Crippen LogP contribution < -0.4 is 4.74 Å². The van der Waals surface area contributed by atoms with Crippen molar-refractivity contribution < 1.29 is 29.6 Å². The van der Waals surface area contributed by atoms with Crippen molar-refractivity contribution in [1.29, 1.82) is 0 Å². The normalized spacial score (nSPS) is 22.3. The van der Waals surface area contributed by atoms with Gasteiger partial charge in [-0.3, -0.25) is 0 Å². The van der Waals surface area contributed by atoms with E-state index < -0.39 is 29.7 Å². The minimum absolute atomic E-state index is 0.0591. The van der Waals surface area contributed by atoms with Crippen LogP contribution in [0.1, 0.15) is 28.9 Å². The van der Waals surface area contributed by atoms with Crippen LogP contribution in [0, 0.1) is 0 Å². The number of aromatic hydroxyl groups is 2. The van der Waals surface area contributed by atoms with Crippen LogP contribution in [0.15, 0.2) is 0 Å². The van der Waals surface area contributed by atoms with Gasteiger partial charge in [0.2, 0.25) is 5.75 Å². The summed E-state index contributed by atoms with van der Waals surface area (Å²) in [6, 6.07) is 0. The first-order chi connectivity index (χ1) is 8.40. The highest BCUT2D eigenvalue weighted by molar-refractivity contribution is 6.34. The lowest BCUT2D eigenvalue weighted by Crippen LogP contribution is -2.30. The first-order valence-electron chi connectivity index (χ1n) is 5.10. The van der Waals surface area contributed by atoms with Crippen LogP contribution in [0.3, 0.4) is 0 Å². The number of aliphatic hydroxyl groups is 1. The lowest BCUT2D eigenvalue weighted by Gasteiger charge is -2.29. The maximum atomic E-state index is 11.7. The number of phenols is 2. The Hall–Kier alpha value is -1.66. The maximum absolute atomic E-state index is 11.7. The Morgan fingerprint density at radius 2 is 1.94 bits per heavy atom. The number of cyclic esters (lactones) is 1. The van der Waals surface area contributed by atoms with Crippen molar-refractivity contribution in [3.05, 3.63) is 16.1 Å². The van der Waals surface area contributed by atoms with Gasteiger partial charge in [-0.15, -0.1) is 0 Å². The highest BCUT2D eigenvalue weighted by Crippen LogP contribution is 2.50. The molecule has 3 N–H and O–H groups in total. The molecule has 6 nitrogen and oxygen atoms in total. The second-order valence-electron chi connectivity index (χ2n) is 3.89. The van der Waals surface area contributed by atoms with Crippen molar-refractivity contribution in [3.8, 4) is 17.2 Å². The summed E-state index contributed by atoms with van der Waals surface area (Å²) in [5.74, 6) is -2.31. The number of phenolic OH excluding ortho intramolecular Hbond substituents is 2. The fourth-order valence-electron chi connectivity index (χ4n) is 1.89. The third kappa shape index (κ3) is 1.57. The average Bonchev–Trinajstić information content (AvgIpc) is 2.31. The van der Waals surface area contributed by atoms with Crippen LogP contribution in [0.5, 0.6) is 17.2 Å². The van der Waals surface area contributed by atoms with Gasteiger partial charge in [0, 0.05) is 5.56 Å². The molecule has 0 radical (unpaired) electrons. The second-order valence-corrected chi connectivity index (χ2v) is 4.27. The van der Waals surface area contributed by atoms with Crippen LogP contribution in [0.25, 0.3) is 0 Å². The third-order valence-corrected chi connectivity index (χ3v) is 3.20. The van der Waals surface area contributed by atoms with Crippen molar-refractivity contribution in [2.75, 3.05) is 7.11 Å². The molecule has 1 aromatic carbocycles. The number of carbonyl (C=O) groups is 1. The van der Waals surface area contributed by atoms with Gasteiger partial charge in [0.15, 0.2) is 11.5 Å². The first kappa shape index (κ1) is 12.8. The zero-order valence-electron chi connectivity index (χ0n) is 9.60. The molecule has 0 bridgehead atoms. The molecule has 2 rings (SSSR count). The minimum atomic E-state index is -1.23. The Morgan fingerprint density at radius 1 is 1.33 bits per heavy atom. The number of ether oxygens (including phenoxy) is 2. The molecule has 0 saturated heterocycles. The Labute approximate surface area is 107 Å². The predicted molar refractivity (Wildman–Crippen MR) is 61.2 cm³/mol. The first-order valence-corrected chi connectivity index (χ1v) is 5.48. The van der Waals surface area contributed by atoms with Crippen molar-refractivity contribution in [2.24, 2.45) is 0 Å². The van der Waals surface area contributed by atoms with Gasteiger partial charge in [-0.2, -0.15) is 0 Å². The molecule has 98 valence electrons. The van der Waals surface area contributed by atoms with Crippen molar-refractivity contribution >= 4 is 17.6 Å². The summed E-state index contributed by atoms with van der Waals surface area (Å²) in [7, 11) is 1.20. The number of benzene rings is 1. The quantitative estimate of drug-likeness (QED) is 0.669. The molecule has 7 heteroatoms. The van der Waals surface area contributed by atoms with Crippen LogP contribution in [0.4, 0.5) is 0 Å². The zero-order chi connectivity index (χ0) is 13.6. The van der Waals surface area contributed by atoms with E-state index in [9.17, 15) is 20.1 Å². The van der Waals surface area contributed by atoms with Gasteiger partial charge >= 0.3 is 5.97 Å². The number of hydrogen-bond acceptors (Lipinski definition) is 6. The molecule has 1 aliphatic heterocycles. The molecule has 18 heavy (non-hydrogen) atoms. The third-order valence-electron chi connectivity index (χ3n) is 2.82. The van der Waals surface area contributed by atoms with Gasteiger partial charge < -0.3 is 24.8 Å². The molecule has 2 atom stereocenters. The van der Waals surface area contributed by atoms with Crippen LogP contribution in [0.2, 0.25) is 5.02 Å². The molecule has 0 spiro atoms. The molecule has 0 unspecified atom stereocenters. The van der Waals surface area contributed by atoms with Gasteiger partial charge in [-0.1, -0.05) is 11.6 Å². The van der Waals surface area contributed by atoms with Gasteiger partial charge in [-0.25, -0.2) is 4.79 Å². The number of carbonyl (C=O) groups excluding carboxylic acids is 1. The van der Waals surface area contributed by atoms with E-state index in [0.29, 0.717) is 0 Å². The lowest BCUT2D eigenvalue weighted by molar-refractivity contribution is -0.0218. The number of hydrogen-bond donors (Lipinski definition) is 3. The monoisotopic (exact) mass is 274 g/mol. The zero-order valence-corrected chi connectivity index (χ0v) is 10.4. The summed E-state index contributed by atoms with van der Waals surface area (Å²) < 4.78 is 9.61. The fourth-order valence-corrected chi connectivity index (χ4v) is 2.19. The summed E-state index contributed by atoms with van der Waals surface area (Å²) in [6.45, 7) is 1.47. The van der Waals surface area contributed by atoms with E-state index in [2.05, 4.69) is 0 Å².